The fraction of sp³-hybridized carbons (Fsp3) is 0.750. The Morgan fingerprint density at radius 1 is 1.20 bits per heavy atom. The third-order valence-corrected chi connectivity index (χ3v) is 5.53. The summed E-state index contributed by atoms with van der Waals surface area (Å²) in [6.45, 7) is 9.43. The lowest BCUT2D eigenvalue weighted by molar-refractivity contribution is 0.190. The Morgan fingerprint density at radius 2 is 1.90 bits per heavy atom. The molecule has 2 heterocycles. The van der Waals surface area contributed by atoms with Crippen LogP contribution in [0.4, 0.5) is 0 Å². The molecule has 0 bridgehead atoms. The van der Waals surface area contributed by atoms with E-state index >= 15 is 0 Å². The van der Waals surface area contributed by atoms with Gasteiger partial charge in [0.05, 0.1) is 0 Å². The summed E-state index contributed by atoms with van der Waals surface area (Å²) in [5.74, 6) is 1.01. The summed E-state index contributed by atoms with van der Waals surface area (Å²) in [6.07, 6.45) is 5.58. The number of hydrogen-bond donors (Lipinski definition) is 1. The van der Waals surface area contributed by atoms with E-state index in [4.69, 9.17) is 0 Å². The smallest absolute Gasteiger partial charge is 0.0244 e. The Labute approximate surface area is 133 Å². The molecule has 0 spiro atoms. The van der Waals surface area contributed by atoms with Gasteiger partial charge in [-0.3, -0.25) is 4.90 Å². The van der Waals surface area contributed by atoms with Crippen molar-refractivity contribution in [3.05, 3.63) is 21.4 Å². The van der Waals surface area contributed by atoms with Gasteiger partial charge in [0.2, 0.25) is 0 Å². The SMILES string of the molecule is Cc1cc(CN2CCC(NCC3CC3)CC2)c(C)s1.Cl. The molecule has 0 atom stereocenters. The van der Waals surface area contributed by atoms with Gasteiger partial charge in [0, 0.05) is 22.3 Å². The number of piperidine rings is 1. The van der Waals surface area contributed by atoms with E-state index in [1.54, 1.807) is 5.56 Å². The topological polar surface area (TPSA) is 15.3 Å². The normalized spacial score (nSPS) is 20.9. The van der Waals surface area contributed by atoms with Crippen LogP contribution in [0.5, 0.6) is 0 Å². The minimum absolute atomic E-state index is 0. The molecule has 2 aliphatic rings. The summed E-state index contributed by atoms with van der Waals surface area (Å²) in [6, 6.07) is 3.15. The largest absolute Gasteiger partial charge is 0.314 e. The van der Waals surface area contributed by atoms with Gasteiger partial charge in [0.1, 0.15) is 0 Å². The molecule has 0 amide bonds. The van der Waals surface area contributed by atoms with Gasteiger partial charge < -0.3 is 5.32 Å². The van der Waals surface area contributed by atoms with E-state index in [0.717, 1.165) is 18.5 Å². The molecule has 1 saturated heterocycles. The zero-order valence-electron chi connectivity index (χ0n) is 12.7. The van der Waals surface area contributed by atoms with Crippen molar-refractivity contribution in [3.8, 4) is 0 Å². The second-order valence-electron chi connectivity index (χ2n) is 6.34. The van der Waals surface area contributed by atoms with Crippen molar-refractivity contribution in [1.29, 1.82) is 0 Å². The van der Waals surface area contributed by atoms with Crippen LogP contribution in [-0.4, -0.2) is 30.6 Å². The Hall–Kier alpha value is -0.0900. The summed E-state index contributed by atoms with van der Waals surface area (Å²) in [5.41, 5.74) is 1.55. The van der Waals surface area contributed by atoms with Crippen LogP contribution >= 0.6 is 23.7 Å². The zero-order chi connectivity index (χ0) is 13.2. The Bertz CT molecular complexity index is 420. The molecule has 20 heavy (non-hydrogen) atoms. The molecule has 0 aromatic carbocycles. The lowest BCUT2D eigenvalue weighted by atomic mass is 10.0. The molecule has 2 nitrogen and oxygen atoms in total. The van der Waals surface area contributed by atoms with E-state index in [1.165, 1.54) is 55.1 Å². The van der Waals surface area contributed by atoms with Crippen molar-refractivity contribution in [2.75, 3.05) is 19.6 Å². The highest BCUT2D eigenvalue weighted by atomic mass is 35.5. The quantitative estimate of drug-likeness (QED) is 0.890. The van der Waals surface area contributed by atoms with E-state index in [0.29, 0.717) is 0 Å². The van der Waals surface area contributed by atoms with Crippen LogP contribution in [-0.2, 0) is 6.54 Å². The number of hydrogen-bond acceptors (Lipinski definition) is 3. The summed E-state index contributed by atoms with van der Waals surface area (Å²) >= 11 is 1.94. The predicted molar refractivity (Wildman–Crippen MR) is 90.1 cm³/mol. The predicted octanol–water partition coefficient (Wildman–Crippen LogP) is 3.75. The van der Waals surface area contributed by atoms with Gasteiger partial charge in [-0.1, -0.05) is 0 Å². The summed E-state index contributed by atoms with van der Waals surface area (Å²) in [4.78, 5) is 5.59. The van der Waals surface area contributed by atoms with Crippen molar-refractivity contribution < 1.29 is 0 Å². The van der Waals surface area contributed by atoms with E-state index in [-0.39, 0.29) is 12.4 Å². The van der Waals surface area contributed by atoms with Gasteiger partial charge in [-0.25, -0.2) is 0 Å². The van der Waals surface area contributed by atoms with E-state index in [1.807, 2.05) is 11.3 Å². The maximum Gasteiger partial charge on any atom is 0.0244 e. The molecule has 1 saturated carbocycles. The summed E-state index contributed by atoms with van der Waals surface area (Å²) in [7, 11) is 0. The first kappa shape index (κ1) is 16.3. The minimum atomic E-state index is 0. The Kier molecular flexibility index (Phi) is 5.91. The number of nitrogens with one attached hydrogen (secondary N) is 1. The Morgan fingerprint density at radius 3 is 2.45 bits per heavy atom. The van der Waals surface area contributed by atoms with Crippen molar-refractivity contribution in [2.24, 2.45) is 5.92 Å². The molecule has 4 heteroatoms. The van der Waals surface area contributed by atoms with Crippen LogP contribution in [0.15, 0.2) is 6.07 Å². The van der Waals surface area contributed by atoms with Crippen LogP contribution in [0.25, 0.3) is 0 Å². The lowest BCUT2D eigenvalue weighted by Crippen LogP contribution is -2.42. The molecule has 3 rings (SSSR count). The summed E-state index contributed by atoms with van der Waals surface area (Å²) in [5, 5.41) is 3.76. The average Bonchev–Trinajstić information content (AvgIpc) is 3.16. The molecular formula is C16H27ClN2S. The zero-order valence-corrected chi connectivity index (χ0v) is 14.3. The first-order chi connectivity index (χ1) is 9.20. The van der Waals surface area contributed by atoms with Gasteiger partial charge in [-0.2, -0.15) is 0 Å². The molecule has 2 fully saturated rings. The molecule has 114 valence electrons. The van der Waals surface area contributed by atoms with E-state index < -0.39 is 0 Å². The van der Waals surface area contributed by atoms with Crippen LogP contribution < -0.4 is 5.32 Å². The molecule has 1 aliphatic heterocycles. The third kappa shape index (κ3) is 4.45. The number of rotatable bonds is 5. The monoisotopic (exact) mass is 314 g/mol. The fourth-order valence-corrected chi connectivity index (χ4v) is 3.97. The standard InChI is InChI=1S/C16H26N2S.ClH/c1-12-9-15(13(2)19-12)11-18-7-5-16(6-8-18)17-10-14-3-4-14;/h9,14,16-17H,3-8,10-11H2,1-2H3;1H. The Balaban J connectivity index is 0.00000147. The maximum absolute atomic E-state index is 3.76. The van der Waals surface area contributed by atoms with Gasteiger partial charge in [-0.05, 0) is 76.7 Å². The van der Waals surface area contributed by atoms with Gasteiger partial charge in [-0.15, -0.1) is 23.7 Å². The van der Waals surface area contributed by atoms with Gasteiger partial charge in [0.25, 0.3) is 0 Å². The summed E-state index contributed by atoms with van der Waals surface area (Å²) < 4.78 is 0. The van der Waals surface area contributed by atoms with Gasteiger partial charge in [0.15, 0.2) is 0 Å². The van der Waals surface area contributed by atoms with Crippen molar-refractivity contribution in [3.63, 3.8) is 0 Å². The molecule has 1 aromatic heterocycles. The van der Waals surface area contributed by atoms with Crippen LogP contribution in [0.3, 0.4) is 0 Å². The van der Waals surface area contributed by atoms with Crippen LogP contribution in [0.1, 0.15) is 41.0 Å². The number of aryl methyl sites for hydroxylation is 2. The highest BCUT2D eigenvalue weighted by molar-refractivity contribution is 7.12. The molecule has 1 aliphatic carbocycles. The lowest BCUT2D eigenvalue weighted by Gasteiger charge is -2.32. The number of thiophene rings is 1. The van der Waals surface area contributed by atoms with Crippen molar-refractivity contribution >= 4 is 23.7 Å². The second kappa shape index (κ2) is 7.26. The first-order valence-corrected chi connectivity index (χ1v) is 8.54. The van der Waals surface area contributed by atoms with Crippen molar-refractivity contribution in [1.82, 2.24) is 10.2 Å². The van der Waals surface area contributed by atoms with Crippen molar-refractivity contribution in [2.45, 2.75) is 52.1 Å². The number of nitrogens with zero attached hydrogens (tertiary/aromatic N) is 1. The number of halogens is 1. The van der Waals surface area contributed by atoms with Gasteiger partial charge >= 0.3 is 0 Å². The number of likely N-dealkylation sites (tertiary alicyclic amines) is 1. The minimum Gasteiger partial charge on any atom is -0.314 e. The third-order valence-electron chi connectivity index (χ3n) is 4.52. The maximum atomic E-state index is 3.76. The molecule has 1 N–H and O–H groups in total. The first-order valence-electron chi connectivity index (χ1n) is 7.72. The molecule has 0 unspecified atom stereocenters. The fourth-order valence-electron chi connectivity index (χ4n) is 3.03. The second-order valence-corrected chi connectivity index (χ2v) is 7.80. The average molecular weight is 315 g/mol. The van der Waals surface area contributed by atoms with E-state index in [9.17, 15) is 0 Å². The van der Waals surface area contributed by atoms with Crippen LogP contribution in [0.2, 0.25) is 0 Å². The highest BCUT2D eigenvalue weighted by Gasteiger charge is 2.24. The van der Waals surface area contributed by atoms with E-state index in [2.05, 4.69) is 30.1 Å². The van der Waals surface area contributed by atoms with Crippen LogP contribution in [0, 0.1) is 19.8 Å². The highest BCUT2D eigenvalue weighted by Crippen LogP contribution is 2.28. The molecule has 0 radical (unpaired) electrons. The molecular weight excluding hydrogens is 288 g/mol. The molecule has 1 aromatic rings.